The van der Waals surface area contributed by atoms with Crippen LogP contribution in [0.2, 0.25) is 0 Å². The highest BCUT2D eigenvalue weighted by Gasteiger charge is 2.22. The molecule has 1 fully saturated rings. The van der Waals surface area contributed by atoms with E-state index >= 15 is 0 Å². The molecule has 0 aliphatic heterocycles. The first-order valence-electron chi connectivity index (χ1n) is 10.3. The largest absolute Gasteiger partial charge is 0.326 e. The minimum absolute atomic E-state index is 0.0762. The number of anilines is 2. The highest BCUT2D eigenvalue weighted by molar-refractivity contribution is 9.10. The van der Waals surface area contributed by atoms with Gasteiger partial charge in [-0.3, -0.25) is 9.59 Å². The van der Waals surface area contributed by atoms with E-state index < -0.39 is 5.82 Å². The molecule has 7 heteroatoms. The summed E-state index contributed by atoms with van der Waals surface area (Å²) in [6.45, 7) is 1.92. The van der Waals surface area contributed by atoms with E-state index in [2.05, 4.69) is 26.6 Å². The zero-order chi connectivity index (χ0) is 21.5. The Hall–Kier alpha value is -1.86. The van der Waals surface area contributed by atoms with Gasteiger partial charge in [0.25, 0.3) is 0 Å². The van der Waals surface area contributed by atoms with Crippen LogP contribution in [0.3, 0.4) is 0 Å². The fourth-order valence-corrected chi connectivity index (χ4v) is 4.89. The molecule has 0 aromatic heterocycles. The van der Waals surface area contributed by atoms with Crippen LogP contribution < -0.4 is 10.6 Å². The molecule has 3 rings (SSSR count). The first-order valence-corrected chi connectivity index (χ1v) is 12.0. The summed E-state index contributed by atoms with van der Waals surface area (Å²) in [5, 5.41) is 5.31. The van der Waals surface area contributed by atoms with Crippen molar-refractivity contribution in [3.8, 4) is 0 Å². The van der Waals surface area contributed by atoms with Crippen LogP contribution in [0, 0.1) is 11.7 Å². The molecule has 2 aromatic carbocycles. The van der Waals surface area contributed by atoms with Gasteiger partial charge in [0.1, 0.15) is 5.82 Å². The Bertz CT molecular complexity index is 903. The van der Waals surface area contributed by atoms with Gasteiger partial charge in [0.2, 0.25) is 11.8 Å². The normalized spacial score (nSPS) is 15.4. The highest BCUT2D eigenvalue weighted by Crippen LogP contribution is 2.30. The van der Waals surface area contributed by atoms with Crippen LogP contribution in [-0.4, -0.2) is 17.1 Å². The molecule has 1 saturated carbocycles. The number of carbonyl (C=O) groups is 2. The second kappa shape index (κ2) is 11.0. The third-order valence-electron chi connectivity index (χ3n) is 5.21. The summed E-state index contributed by atoms with van der Waals surface area (Å²) < 4.78 is 14.7. The number of hydrogen-bond donors (Lipinski definition) is 2. The monoisotopic (exact) mass is 492 g/mol. The topological polar surface area (TPSA) is 58.2 Å². The minimum atomic E-state index is -0.481. The Morgan fingerprint density at radius 2 is 1.90 bits per heavy atom. The predicted octanol–water partition coefficient (Wildman–Crippen LogP) is 6.62. The zero-order valence-electron chi connectivity index (χ0n) is 16.9. The summed E-state index contributed by atoms with van der Waals surface area (Å²) in [7, 11) is 0. The standard InChI is InChI=1S/C23H26BrFN2O2S/c1-2-21(23(29)27-20-12-11-16(24)13-19(20)25)30-18-10-6-9-17(14-18)26-22(28)15-7-4-3-5-8-15/h6,9-15,21H,2-5,7-8H2,1H3,(H,26,28)(H,27,29). The number of hydrogen-bond acceptors (Lipinski definition) is 3. The number of nitrogens with one attached hydrogen (secondary N) is 2. The molecule has 0 spiro atoms. The molecule has 1 unspecified atom stereocenters. The maximum Gasteiger partial charge on any atom is 0.237 e. The molecular weight excluding hydrogens is 467 g/mol. The van der Waals surface area contributed by atoms with E-state index in [1.165, 1.54) is 30.3 Å². The van der Waals surface area contributed by atoms with Gasteiger partial charge in [0, 0.05) is 21.0 Å². The summed E-state index contributed by atoms with van der Waals surface area (Å²) >= 11 is 4.62. The van der Waals surface area contributed by atoms with Crippen molar-refractivity contribution in [2.75, 3.05) is 10.6 Å². The van der Waals surface area contributed by atoms with Crippen LogP contribution in [0.15, 0.2) is 51.8 Å². The Morgan fingerprint density at radius 1 is 1.13 bits per heavy atom. The van der Waals surface area contributed by atoms with Crippen LogP contribution in [0.25, 0.3) is 0 Å². The second-order valence-corrected chi connectivity index (χ2v) is 9.67. The van der Waals surface area contributed by atoms with Gasteiger partial charge in [-0.05, 0) is 55.7 Å². The lowest BCUT2D eigenvalue weighted by Crippen LogP contribution is -2.25. The van der Waals surface area contributed by atoms with E-state index in [4.69, 9.17) is 0 Å². The first kappa shape index (κ1) is 22.8. The predicted molar refractivity (Wildman–Crippen MR) is 124 cm³/mol. The highest BCUT2D eigenvalue weighted by atomic mass is 79.9. The quantitative estimate of drug-likeness (QED) is 0.427. The van der Waals surface area contributed by atoms with Gasteiger partial charge in [-0.25, -0.2) is 4.39 Å². The Morgan fingerprint density at radius 3 is 2.60 bits per heavy atom. The third-order valence-corrected chi connectivity index (χ3v) is 7.06. The second-order valence-electron chi connectivity index (χ2n) is 7.48. The molecule has 0 bridgehead atoms. The number of rotatable bonds is 7. The summed E-state index contributed by atoms with van der Waals surface area (Å²) in [4.78, 5) is 26.1. The first-order chi connectivity index (χ1) is 14.5. The van der Waals surface area contributed by atoms with Crippen LogP contribution in [0.1, 0.15) is 45.4 Å². The molecule has 4 nitrogen and oxygen atoms in total. The van der Waals surface area contributed by atoms with E-state index in [-0.39, 0.29) is 28.7 Å². The van der Waals surface area contributed by atoms with Crippen molar-refractivity contribution in [3.05, 3.63) is 52.8 Å². The van der Waals surface area contributed by atoms with Gasteiger partial charge in [-0.2, -0.15) is 0 Å². The molecule has 2 amide bonds. The van der Waals surface area contributed by atoms with Gasteiger partial charge in [-0.15, -0.1) is 11.8 Å². The number of carbonyl (C=O) groups excluding carboxylic acids is 2. The van der Waals surface area contributed by atoms with E-state index in [1.54, 1.807) is 6.07 Å². The van der Waals surface area contributed by atoms with Gasteiger partial charge in [-0.1, -0.05) is 48.2 Å². The van der Waals surface area contributed by atoms with Gasteiger partial charge in [0.05, 0.1) is 10.9 Å². The van der Waals surface area contributed by atoms with E-state index in [9.17, 15) is 14.0 Å². The molecule has 1 aliphatic rings. The molecule has 0 radical (unpaired) electrons. The summed E-state index contributed by atoms with van der Waals surface area (Å²) in [6.07, 6.45) is 5.92. The Labute approximate surface area is 189 Å². The van der Waals surface area contributed by atoms with Gasteiger partial charge < -0.3 is 10.6 Å². The van der Waals surface area contributed by atoms with Crippen LogP contribution in [0.5, 0.6) is 0 Å². The number of amides is 2. The average Bonchev–Trinajstić information content (AvgIpc) is 2.74. The van der Waals surface area contributed by atoms with Crippen molar-refractivity contribution in [3.63, 3.8) is 0 Å². The Balaban J connectivity index is 1.62. The van der Waals surface area contributed by atoms with E-state index in [0.29, 0.717) is 10.9 Å². The van der Waals surface area contributed by atoms with Crippen LogP contribution in [-0.2, 0) is 9.59 Å². The van der Waals surface area contributed by atoms with E-state index in [1.807, 2.05) is 31.2 Å². The summed E-state index contributed by atoms with van der Waals surface area (Å²) in [6, 6.07) is 12.1. The lowest BCUT2D eigenvalue weighted by atomic mass is 9.88. The van der Waals surface area contributed by atoms with Crippen molar-refractivity contribution in [1.82, 2.24) is 0 Å². The van der Waals surface area contributed by atoms with Crippen molar-refractivity contribution in [1.29, 1.82) is 0 Å². The smallest absolute Gasteiger partial charge is 0.237 e. The summed E-state index contributed by atoms with van der Waals surface area (Å²) in [5.74, 6) is -0.567. The van der Waals surface area contributed by atoms with Crippen LogP contribution >= 0.6 is 27.7 Å². The molecule has 30 heavy (non-hydrogen) atoms. The zero-order valence-corrected chi connectivity index (χ0v) is 19.3. The molecule has 1 atom stereocenters. The van der Waals surface area contributed by atoms with Gasteiger partial charge in [0.15, 0.2) is 0 Å². The van der Waals surface area contributed by atoms with Crippen molar-refractivity contribution >= 4 is 50.9 Å². The van der Waals surface area contributed by atoms with Crippen LogP contribution in [0.4, 0.5) is 15.8 Å². The molecule has 160 valence electrons. The fourth-order valence-electron chi connectivity index (χ4n) is 3.55. The minimum Gasteiger partial charge on any atom is -0.326 e. The SMILES string of the molecule is CCC(Sc1cccc(NC(=O)C2CCCCC2)c1)C(=O)Nc1ccc(Br)cc1F. The number of benzene rings is 2. The molecule has 1 aliphatic carbocycles. The number of thioether (sulfide) groups is 1. The molecular formula is C23H26BrFN2O2S. The summed E-state index contributed by atoms with van der Waals surface area (Å²) in [5.41, 5.74) is 0.903. The molecule has 0 saturated heterocycles. The van der Waals surface area contributed by atoms with Gasteiger partial charge >= 0.3 is 0 Å². The lowest BCUT2D eigenvalue weighted by molar-refractivity contribution is -0.120. The number of halogens is 2. The molecule has 2 N–H and O–H groups in total. The molecule has 0 heterocycles. The average molecular weight is 493 g/mol. The maximum absolute atomic E-state index is 14.0. The molecule has 2 aromatic rings. The third kappa shape index (κ3) is 6.32. The Kier molecular flexibility index (Phi) is 8.33. The van der Waals surface area contributed by atoms with E-state index in [0.717, 1.165) is 36.3 Å². The van der Waals surface area contributed by atoms with Crippen molar-refractivity contribution < 1.29 is 14.0 Å². The fraction of sp³-hybridized carbons (Fsp3) is 0.391. The van der Waals surface area contributed by atoms with Crippen molar-refractivity contribution in [2.24, 2.45) is 5.92 Å². The van der Waals surface area contributed by atoms with Crippen molar-refractivity contribution in [2.45, 2.75) is 55.6 Å². The lowest BCUT2D eigenvalue weighted by Gasteiger charge is -2.21. The maximum atomic E-state index is 14.0.